The number of carbonyl (C=O) groups is 3. The van der Waals surface area contributed by atoms with Gasteiger partial charge in [0, 0.05) is 31.1 Å². The van der Waals surface area contributed by atoms with Gasteiger partial charge < -0.3 is 24.4 Å². The molecule has 0 aromatic heterocycles. The first kappa shape index (κ1) is 28.5. The predicted molar refractivity (Wildman–Crippen MR) is 139 cm³/mol. The van der Waals surface area contributed by atoms with E-state index in [0.29, 0.717) is 37.9 Å². The van der Waals surface area contributed by atoms with Crippen molar-refractivity contribution in [1.82, 2.24) is 0 Å². The molecule has 1 aromatic carbocycles. The van der Waals surface area contributed by atoms with Crippen LogP contribution in [0.15, 0.2) is 41.5 Å². The van der Waals surface area contributed by atoms with Crippen LogP contribution >= 0.6 is 0 Å². The van der Waals surface area contributed by atoms with Crippen molar-refractivity contribution in [3.05, 3.63) is 47.0 Å². The third-order valence-electron chi connectivity index (χ3n) is 9.28. The highest BCUT2D eigenvalue weighted by molar-refractivity contribution is 5.91. The number of hydrogen-bond acceptors (Lipinski definition) is 8. The number of Topliss-reactive ketones (excluding diaryl/α,β-unsaturated/α-hetero) is 1. The summed E-state index contributed by atoms with van der Waals surface area (Å²) >= 11 is 0. The lowest BCUT2D eigenvalue weighted by Crippen LogP contribution is -2.58. The number of ketones is 1. The van der Waals surface area contributed by atoms with E-state index in [4.69, 9.17) is 14.2 Å². The van der Waals surface area contributed by atoms with Gasteiger partial charge >= 0.3 is 11.9 Å². The average molecular weight is 529 g/mol. The van der Waals surface area contributed by atoms with Crippen LogP contribution in [-0.2, 0) is 23.8 Å². The lowest BCUT2D eigenvalue weighted by molar-refractivity contribution is -0.198. The van der Waals surface area contributed by atoms with E-state index in [1.807, 2.05) is 20.8 Å². The monoisotopic (exact) mass is 528 g/mol. The second kappa shape index (κ2) is 10.5. The third-order valence-corrected chi connectivity index (χ3v) is 9.28. The van der Waals surface area contributed by atoms with Crippen molar-refractivity contribution in [2.75, 3.05) is 13.2 Å². The summed E-state index contributed by atoms with van der Waals surface area (Å²) in [5, 5.41) is 22.7. The van der Waals surface area contributed by atoms with Crippen LogP contribution in [0.2, 0.25) is 0 Å². The Labute approximate surface area is 224 Å². The third kappa shape index (κ3) is 5.18. The van der Waals surface area contributed by atoms with Gasteiger partial charge in [-0.25, -0.2) is 4.79 Å². The Balaban J connectivity index is 1.55. The number of aliphatic hydroxyl groups excluding tert-OH is 1. The molecule has 2 N–H and O–H groups in total. The second-order valence-electron chi connectivity index (χ2n) is 12.0. The van der Waals surface area contributed by atoms with E-state index in [1.165, 1.54) is 6.92 Å². The Morgan fingerprint density at radius 2 is 1.84 bits per heavy atom. The van der Waals surface area contributed by atoms with E-state index >= 15 is 0 Å². The molecule has 0 amide bonds. The van der Waals surface area contributed by atoms with Gasteiger partial charge in [0.25, 0.3) is 0 Å². The Bertz CT molecular complexity index is 1110. The van der Waals surface area contributed by atoms with Crippen LogP contribution in [0.5, 0.6) is 0 Å². The zero-order valence-corrected chi connectivity index (χ0v) is 23.0. The van der Waals surface area contributed by atoms with E-state index in [9.17, 15) is 24.6 Å². The normalized spacial score (nSPS) is 33.0. The molecule has 1 saturated heterocycles. The molecule has 2 fully saturated rings. The number of fused-ring (bicyclic) bond motifs is 1. The fourth-order valence-corrected chi connectivity index (χ4v) is 6.38. The summed E-state index contributed by atoms with van der Waals surface area (Å²) in [6.07, 6.45) is -0.187. The standard InChI is InChI=1S/C30H40O8/c1-18-11-12-30(35,17-37-27(34)20-9-7-6-8-10-20)28(3,4)22(18)13-24(38-19(2)31)26(33)29(5)15-21-16-36-23(21)14-25(29)32/h6-10,21,23-25,32,35H,11-17H2,1-5H3/t21?,23-,24-,25+,29+,30-/m1/s1. The number of aliphatic hydroxyl groups is 2. The van der Waals surface area contributed by atoms with E-state index in [2.05, 4.69) is 0 Å². The van der Waals surface area contributed by atoms with Crippen LogP contribution in [0, 0.1) is 16.7 Å². The highest BCUT2D eigenvalue weighted by atomic mass is 16.6. The molecular weight excluding hydrogens is 488 g/mol. The molecule has 8 heteroatoms. The van der Waals surface area contributed by atoms with Gasteiger partial charge in [0.2, 0.25) is 0 Å². The zero-order valence-electron chi connectivity index (χ0n) is 23.0. The first-order chi connectivity index (χ1) is 17.8. The molecule has 0 spiro atoms. The van der Waals surface area contributed by atoms with Crippen molar-refractivity contribution >= 4 is 17.7 Å². The molecule has 1 heterocycles. The summed E-state index contributed by atoms with van der Waals surface area (Å²) in [4.78, 5) is 38.6. The minimum absolute atomic E-state index is 0.0334. The number of benzene rings is 1. The number of ether oxygens (including phenoxy) is 3. The second-order valence-corrected chi connectivity index (χ2v) is 12.0. The number of esters is 2. The molecule has 6 atom stereocenters. The molecule has 1 saturated carbocycles. The summed E-state index contributed by atoms with van der Waals surface area (Å²) in [7, 11) is 0. The maximum absolute atomic E-state index is 13.9. The van der Waals surface area contributed by atoms with Gasteiger partial charge in [-0.1, -0.05) is 43.2 Å². The summed E-state index contributed by atoms with van der Waals surface area (Å²) in [6, 6.07) is 8.60. The first-order valence-corrected chi connectivity index (χ1v) is 13.4. The Morgan fingerprint density at radius 3 is 2.45 bits per heavy atom. The molecule has 38 heavy (non-hydrogen) atoms. The van der Waals surface area contributed by atoms with Gasteiger partial charge in [0.15, 0.2) is 11.9 Å². The molecule has 8 nitrogen and oxygen atoms in total. The Morgan fingerprint density at radius 1 is 1.16 bits per heavy atom. The predicted octanol–water partition coefficient (Wildman–Crippen LogP) is 3.78. The highest BCUT2D eigenvalue weighted by Crippen LogP contribution is 2.51. The number of allylic oxidation sites excluding steroid dienone is 1. The molecule has 208 valence electrons. The van der Waals surface area contributed by atoms with Crippen LogP contribution < -0.4 is 0 Å². The van der Waals surface area contributed by atoms with Gasteiger partial charge in [0.05, 0.1) is 29.8 Å². The van der Waals surface area contributed by atoms with Gasteiger partial charge in [0.1, 0.15) is 12.2 Å². The number of hydrogen-bond donors (Lipinski definition) is 2. The molecule has 4 rings (SSSR count). The SMILES string of the molecule is CC(=O)O[C@H](CC1=C(C)CC[C@@](O)(COC(=O)c2ccccc2)C1(C)C)C(=O)[C@@]1(C)CC2CO[C@@H]2C[C@@H]1O. The van der Waals surface area contributed by atoms with E-state index in [0.717, 1.165) is 11.1 Å². The highest BCUT2D eigenvalue weighted by Gasteiger charge is 2.56. The van der Waals surface area contributed by atoms with Gasteiger partial charge in [-0.15, -0.1) is 0 Å². The molecule has 1 unspecified atom stereocenters. The molecular formula is C30H40O8. The van der Waals surface area contributed by atoms with E-state index in [-0.39, 0.29) is 30.8 Å². The number of rotatable bonds is 8. The largest absolute Gasteiger partial charge is 0.459 e. The summed E-state index contributed by atoms with van der Waals surface area (Å²) < 4.78 is 16.7. The van der Waals surface area contributed by atoms with Crippen molar-refractivity contribution in [3.8, 4) is 0 Å². The van der Waals surface area contributed by atoms with Crippen LogP contribution in [-0.4, -0.2) is 65.1 Å². The van der Waals surface area contributed by atoms with Crippen molar-refractivity contribution in [2.45, 2.75) is 90.6 Å². The average Bonchev–Trinajstić information content (AvgIpc) is 2.87. The molecule has 1 aromatic rings. The van der Waals surface area contributed by atoms with Crippen LogP contribution in [0.1, 0.15) is 77.1 Å². The lowest BCUT2D eigenvalue weighted by Gasteiger charge is -2.51. The lowest BCUT2D eigenvalue weighted by atomic mass is 9.59. The minimum atomic E-state index is -1.39. The summed E-state index contributed by atoms with van der Waals surface area (Å²) in [6.45, 7) is 9.05. The number of carbonyl (C=O) groups excluding carboxylic acids is 3. The fourth-order valence-electron chi connectivity index (χ4n) is 6.38. The molecule has 1 aliphatic heterocycles. The van der Waals surface area contributed by atoms with Crippen LogP contribution in [0.25, 0.3) is 0 Å². The molecule has 0 radical (unpaired) electrons. The smallest absolute Gasteiger partial charge is 0.338 e. The first-order valence-electron chi connectivity index (χ1n) is 13.4. The van der Waals surface area contributed by atoms with Crippen LogP contribution in [0.3, 0.4) is 0 Å². The fraction of sp³-hybridized carbons (Fsp3) is 0.633. The summed E-state index contributed by atoms with van der Waals surface area (Å²) in [5.74, 6) is -1.22. The van der Waals surface area contributed by atoms with Gasteiger partial charge in [-0.05, 0) is 45.2 Å². The van der Waals surface area contributed by atoms with Gasteiger partial charge in [-0.2, -0.15) is 0 Å². The summed E-state index contributed by atoms with van der Waals surface area (Å²) in [5.41, 5.74) is -1.15. The van der Waals surface area contributed by atoms with Crippen molar-refractivity contribution in [1.29, 1.82) is 0 Å². The minimum Gasteiger partial charge on any atom is -0.459 e. The molecule has 0 bridgehead atoms. The van der Waals surface area contributed by atoms with E-state index in [1.54, 1.807) is 37.3 Å². The molecule has 2 aliphatic carbocycles. The molecule has 3 aliphatic rings. The van der Waals surface area contributed by atoms with E-state index < -0.39 is 40.6 Å². The maximum atomic E-state index is 13.9. The quantitative estimate of drug-likeness (QED) is 0.387. The van der Waals surface area contributed by atoms with Gasteiger partial charge in [-0.3, -0.25) is 9.59 Å². The Hall–Kier alpha value is -2.55. The Kier molecular flexibility index (Phi) is 7.90. The van der Waals surface area contributed by atoms with Crippen molar-refractivity contribution in [3.63, 3.8) is 0 Å². The topological polar surface area (TPSA) is 119 Å². The zero-order chi connectivity index (χ0) is 27.9. The van der Waals surface area contributed by atoms with Crippen molar-refractivity contribution < 1.29 is 38.8 Å². The maximum Gasteiger partial charge on any atom is 0.338 e. The van der Waals surface area contributed by atoms with Crippen molar-refractivity contribution in [2.24, 2.45) is 16.7 Å². The van der Waals surface area contributed by atoms with Crippen LogP contribution in [0.4, 0.5) is 0 Å².